The summed E-state index contributed by atoms with van der Waals surface area (Å²) >= 11 is 0. The summed E-state index contributed by atoms with van der Waals surface area (Å²) in [6, 6.07) is 13.9. The van der Waals surface area contributed by atoms with Gasteiger partial charge in [0.15, 0.2) is 0 Å². The number of morpholine rings is 1. The maximum atomic E-state index is 12.7. The van der Waals surface area contributed by atoms with Gasteiger partial charge in [0.2, 0.25) is 0 Å². The van der Waals surface area contributed by atoms with Crippen LogP contribution in [0.4, 0.5) is 16.2 Å². The number of ether oxygens (including phenoxy) is 1. The summed E-state index contributed by atoms with van der Waals surface area (Å²) < 4.78 is 5.97. The molecule has 1 aliphatic heterocycles. The lowest BCUT2D eigenvalue weighted by molar-refractivity contribution is -0.384. The fourth-order valence-corrected chi connectivity index (χ4v) is 3.02. The molecular weight excluding hydrogens is 334 g/mol. The van der Waals surface area contributed by atoms with Gasteiger partial charge in [0.1, 0.15) is 6.10 Å². The molecule has 2 aromatic carbocycles. The lowest BCUT2D eigenvalue weighted by Crippen LogP contribution is -2.47. The van der Waals surface area contributed by atoms with Crippen LogP contribution in [0.3, 0.4) is 0 Å². The second kappa shape index (κ2) is 7.53. The van der Waals surface area contributed by atoms with Gasteiger partial charge in [0, 0.05) is 18.7 Å². The molecule has 1 saturated heterocycles. The molecule has 2 amide bonds. The van der Waals surface area contributed by atoms with Gasteiger partial charge in [-0.15, -0.1) is 0 Å². The number of carbonyl (C=O) groups excluding carboxylic acids is 1. The summed E-state index contributed by atoms with van der Waals surface area (Å²) in [4.78, 5) is 24.9. The van der Waals surface area contributed by atoms with Crippen LogP contribution in [0, 0.1) is 17.0 Å². The molecular formula is C19H21N3O4. The Morgan fingerprint density at radius 3 is 2.65 bits per heavy atom. The topological polar surface area (TPSA) is 84.7 Å². The summed E-state index contributed by atoms with van der Waals surface area (Å²) in [5, 5.41) is 13.8. The molecule has 26 heavy (non-hydrogen) atoms. The van der Waals surface area contributed by atoms with Crippen LogP contribution in [-0.2, 0) is 4.74 Å². The highest BCUT2D eigenvalue weighted by Crippen LogP contribution is 2.27. The number of nitro groups is 1. The summed E-state index contributed by atoms with van der Waals surface area (Å²) in [7, 11) is 0. The van der Waals surface area contributed by atoms with Crippen molar-refractivity contribution in [2.24, 2.45) is 0 Å². The zero-order valence-corrected chi connectivity index (χ0v) is 14.7. The van der Waals surface area contributed by atoms with Crippen molar-refractivity contribution in [3.8, 4) is 0 Å². The van der Waals surface area contributed by atoms with E-state index in [4.69, 9.17) is 4.74 Å². The molecule has 1 N–H and O–H groups in total. The first-order valence-electron chi connectivity index (χ1n) is 8.45. The van der Waals surface area contributed by atoms with Gasteiger partial charge >= 0.3 is 6.03 Å². The van der Waals surface area contributed by atoms with Crippen molar-refractivity contribution in [1.29, 1.82) is 0 Å². The van der Waals surface area contributed by atoms with Gasteiger partial charge in [-0.05, 0) is 25.0 Å². The standard InChI is InChI=1S/C19H21N3O4/c1-13-8-9-16(22(24)25)10-17(13)20-19(23)21-11-14(2)26-18(12-21)15-6-4-3-5-7-15/h3-10,14,18H,11-12H2,1-2H3,(H,20,23)/t14-,18-/m1/s1. The van der Waals surface area contributed by atoms with Crippen molar-refractivity contribution in [1.82, 2.24) is 4.90 Å². The molecule has 2 aromatic rings. The van der Waals surface area contributed by atoms with Gasteiger partial charge in [0.25, 0.3) is 5.69 Å². The van der Waals surface area contributed by atoms with Gasteiger partial charge in [-0.3, -0.25) is 10.1 Å². The number of anilines is 1. The second-order valence-corrected chi connectivity index (χ2v) is 6.44. The van der Waals surface area contributed by atoms with E-state index < -0.39 is 4.92 Å². The highest BCUT2D eigenvalue weighted by atomic mass is 16.6. The number of nitrogens with zero attached hydrogens (tertiary/aromatic N) is 2. The van der Waals surface area contributed by atoms with Gasteiger partial charge in [-0.2, -0.15) is 0 Å². The monoisotopic (exact) mass is 355 g/mol. The van der Waals surface area contributed by atoms with Crippen molar-refractivity contribution in [3.63, 3.8) is 0 Å². The molecule has 136 valence electrons. The fourth-order valence-electron chi connectivity index (χ4n) is 3.02. The minimum atomic E-state index is -0.475. The van der Waals surface area contributed by atoms with Crippen LogP contribution < -0.4 is 5.32 Å². The Kier molecular flexibility index (Phi) is 5.18. The highest BCUT2D eigenvalue weighted by molar-refractivity contribution is 5.90. The van der Waals surface area contributed by atoms with Crippen LogP contribution in [0.15, 0.2) is 48.5 Å². The Balaban J connectivity index is 1.75. The molecule has 0 radical (unpaired) electrons. The average molecular weight is 355 g/mol. The second-order valence-electron chi connectivity index (χ2n) is 6.44. The summed E-state index contributed by atoms with van der Waals surface area (Å²) in [5.41, 5.74) is 2.18. The lowest BCUT2D eigenvalue weighted by Gasteiger charge is -2.37. The highest BCUT2D eigenvalue weighted by Gasteiger charge is 2.29. The number of amides is 2. The van der Waals surface area contributed by atoms with Crippen molar-refractivity contribution in [2.75, 3.05) is 18.4 Å². The van der Waals surface area contributed by atoms with Gasteiger partial charge in [-0.25, -0.2) is 4.79 Å². The molecule has 2 atom stereocenters. The maximum Gasteiger partial charge on any atom is 0.322 e. The van der Waals surface area contributed by atoms with Crippen LogP contribution in [-0.4, -0.2) is 35.0 Å². The molecule has 0 aromatic heterocycles. The van der Waals surface area contributed by atoms with E-state index in [-0.39, 0.29) is 23.9 Å². The zero-order valence-electron chi connectivity index (χ0n) is 14.7. The molecule has 0 bridgehead atoms. The molecule has 7 nitrogen and oxygen atoms in total. The van der Waals surface area contributed by atoms with Crippen LogP contribution in [0.2, 0.25) is 0 Å². The normalized spacial score (nSPS) is 19.8. The predicted octanol–water partition coefficient (Wildman–Crippen LogP) is 3.90. The summed E-state index contributed by atoms with van der Waals surface area (Å²) in [6.07, 6.45) is -0.303. The van der Waals surface area contributed by atoms with E-state index in [9.17, 15) is 14.9 Å². The predicted molar refractivity (Wildman–Crippen MR) is 98.2 cm³/mol. The molecule has 0 spiro atoms. The smallest absolute Gasteiger partial charge is 0.322 e. The summed E-state index contributed by atoms with van der Waals surface area (Å²) in [6.45, 7) is 4.61. The Labute approximate surface area is 151 Å². The molecule has 0 unspecified atom stereocenters. The quantitative estimate of drug-likeness (QED) is 0.668. The third-order valence-corrected chi connectivity index (χ3v) is 4.39. The third-order valence-electron chi connectivity index (χ3n) is 4.39. The maximum absolute atomic E-state index is 12.7. The largest absolute Gasteiger partial charge is 0.367 e. The van der Waals surface area contributed by atoms with Crippen molar-refractivity contribution >= 4 is 17.4 Å². The van der Waals surface area contributed by atoms with E-state index >= 15 is 0 Å². The number of nitrogens with one attached hydrogen (secondary N) is 1. The van der Waals surface area contributed by atoms with Crippen molar-refractivity contribution in [2.45, 2.75) is 26.1 Å². The molecule has 7 heteroatoms. The Morgan fingerprint density at radius 1 is 1.23 bits per heavy atom. The number of non-ortho nitro benzene ring substituents is 1. The van der Waals surface area contributed by atoms with Crippen LogP contribution in [0.5, 0.6) is 0 Å². The fraction of sp³-hybridized carbons (Fsp3) is 0.316. The van der Waals surface area contributed by atoms with E-state index in [0.29, 0.717) is 18.8 Å². The van der Waals surface area contributed by atoms with Crippen molar-refractivity contribution in [3.05, 3.63) is 69.8 Å². The number of carbonyl (C=O) groups is 1. The number of urea groups is 1. The average Bonchev–Trinajstić information content (AvgIpc) is 2.63. The van der Waals surface area contributed by atoms with Gasteiger partial charge < -0.3 is 15.0 Å². The lowest BCUT2D eigenvalue weighted by atomic mass is 10.1. The first-order chi connectivity index (χ1) is 12.4. The van der Waals surface area contributed by atoms with E-state index in [1.54, 1.807) is 17.9 Å². The van der Waals surface area contributed by atoms with Crippen LogP contribution >= 0.6 is 0 Å². The molecule has 0 saturated carbocycles. The third kappa shape index (κ3) is 4.00. The molecule has 1 fully saturated rings. The number of hydrogen-bond donors (Lipinski definition) is 1. The van der Waals surface area contributed by atoms with Crippen LogP contribution in [0.1, 0.15) is 24.2 Å². The number of hydrogen-bond acceptors (Lipinski definition) is 4. The molecule has 0 aliphatic carbocycles. The van der Waals surface area contributed by atoms with E-state index in [1.807, 2.05) is 37.3 Å². The van der Waals surface area contributed by atoms with Crippen molar-refractivity contribution < 1.29 is 14.5 Å². The number of nitro benzene ring substituents is 1. The Morgan fingerprint density at radius 2 is 1.96 bits per heavy atom. The summed E-state index contributed by atoms with van der Waals surface area (Å²) in [5.74, 6) is 0. The van der Waals surface area contributed by atoms with E-state index in [1.165, 1.54) is 12.1 Å². The molecule has 3 rings (SSSR count). The van der Waals surface area contributed by atoms with Gasteiger partial charge in [0.05, 0.1) is 23.3 Å². The van der Waals surface area contributed by atoms with E-state index in [2.05, 4.69) is 5.32 Å². The number of benzene rings is 2. The Hall–Kier alpha value is -2.93. The molecule has 1 aliphatic rings. The van der Waals surface area contributed by atoms with E-state index in [0.717, 1.165) is 11.1 Å². The minimum Gasteiger partial charge on any atom is -0.367 e. The first kappa shape index (κ1) is 17.9. The zero-order chi connectivity index (χ0) is 18.7. The van der Waals surface area contributed by atoms with Crippen LogP contribution in [0.25, 0.3) is 0 Å². The van der Waals surface area contributed by atoms with Gasteiger partial charge in [-0.1, -0.05) is 36.4 Å². The molecule has 1 heterocycles. The Bertz CT molecular complexity index is 810. The minimum absolute atomic E-state index is 0.0524. The number of aryl methyl sites for hydroxylation is 1. The first-order valence-corrected chi connectivity index (χ1v) is 8.45. The SMILES string of the molecule is Cc1ccc([N+](=O)[O-])cc1NC(=O)N1C[C@@H](C)O[C@@H](c2ccccc2)C1. The number of rotatable bonds is 3.